The Bertz CT molecular complexity index is 5890. The number of hydrogen-bond acceptors (Lipinski definition) is 15. The predicted molar refractivity (Wildman–Crippen MR) is 494 cm³/mol. The van der Waals surface area contributed by atoms with Gasteiger partial charge >= 0.3 is 0 Å². The van der Waals surface area contributed by atoms with Crippen LogP contribution in [0.2, 0.25) is 0 Å². The average molecular weight is 1590 g/mol. The molecule has 15 nitrogen and oxygen atoms in total. The van der Waals surface area contributed by atoms with Gasteiger partial charge in [-0.3, -0.25) is 49.8 Å². The molecule has 596 valence electrons. The zero-order valence-corrected chi connectivity index (χ0v) is 70.3. The minimum atomic E-state index is -0.00425. The second-order valence-electron chi connectivity index (χ2n) is 32.8. The second-order valence-corrected chi connectivity index (χ2v) is 32.8. The smallest absolute Gasteiger partial charge is 0.0900 e. The molecular weight excluding hydrogens is 1500 g/mol. The highest BCUT2D eigenvalue weighted by Crippen LogP contribution is 2.38. The zero-order valence-electron chi connectivity index (χ0n) is 70.3. The van der Waals surface area contributed by atoms with Crippen LogP contribution >= 0.6 is 0 Å². The summed E-state index contributed by atoms with van der Waals surface area (Å²) in [5, 5.41) is 0. The molecule has 18 aromatic rings. The maximum Gasteiger partial charge on any atom is 0.0900 e. The fourth-order valence-electron chi connectivity index (χ4n) is 13.7. The normalized spacial score (nSPS) is 11.2. The van der Waals surface area contributed by atoms with E-state index < -0.39 is 0 Å². The topological polar surface area (TPSA) is 193 Å². The molecule has 0 unspecified atom stereocenters. The zero-order chi connectivity index (χ0) is 84.6. The summed E-state index contributed by atoms with van der Waals surface area (Å²) in [4.78, 5) is 69.0. The molecule has 0 bridgehead atoms. The number of hydrogen-bond donors (Lipinski definition) is 0. The van der Waals surface area contributed by atoms with Crippen molar-refractivity contribution in [3.05, 3.63) is 393 Å². The Hall–Kier alpha value is -15.1. The summed E-state index contributed by atoms with van der Waals surface area (Å²) in [6.45, 7) is 24.2. The van der Waals surface area contributed by atoms with Crippen molar-refractivity contribution in [2.45, 2.75) is 92.4 Å². The SMILES string of the molecule is CC(C)(C)c1ccnc(-c2cc(C(C)(C)C)cc(-c3cc(C(C)(C)C)ccn3)n2)c1.Cc1ccc(-c2cc(-c3ccccn3)nc(-c3ccccn3)c2)cc1.Cc1ccc(-c2cc(-c3ccncc3)nc(-c3ccncc3)c2)cc1.c1ccc(-c2cc(-c3ccc(-c4cc(-c5ccccn5)nc(-c5ccccn5)c4)cc3)cc(-c3ccccn3)n2)nc1. The van der Waals surface area contributed by atoms with Crippen LogP contribution in [-0.2, 0) is 16.2 Å². The van der Waals surface area contributed by atoms with E-state index >= 15 is 0 Å². The van der Waals surface area contributed by atoms with E-state index in [0.29, 0.717) is 0 Å². The lowest BCUT2D eigenvalue weighted by molar-refractivity contribution is 0.587. The Morgan fingerprint density at radius 3 is 0.607 bits per heavy atom. The Morgan fingerprint density at radius 1 is 0.156 bits per heavy atom. The van der Waals surface area contributed by atoms with Crippen molar-refractivity contribution in [1.29, 1.82) is 0 Å². The molecule has 0 atom stereocenters. The maximum atomic E-state index is 5.01. The van der Waals surface area contributed by atoms with E-state index in [2.05, 4.69) is 284 Å². The van der Waals surface area contributed by atoms with Crippen molar-refractivity contribution in [2.75, 3.05) is 0 Å². The van der Waals surface area contributed by atoms with Crippen LogP contribution in [0.5, 0.6) is 0 Å². The molecule has 0 saturated heterocycles. The molecule has 0 saturated carbocycles. The van der Waals surface area contributed by atoms with E-state index in [1.165, 1.54) is 33.4 Å². The van der Waals surface area contributed by atoms with Gasteiger partial charge in [0.2, 0.25) is 0 Å². The first kappa shape index (κ1) is 82.0. The average Bonchev–Trinajstić information content (AvgIpc) is 0.790. The van der Waals surface area contributed by atoms with Gasteiger partial charge in [0, 0.05) is 85.5 Å². The quantitative estimate of drug-likeness (QED) is 0.0997. The van der Waals surface area contributed by atoms with Crippen molar-refractivity contribution < 1.29 is 0 Å². The Kier molecular flexibility index (Phi) is 25.0. The number of nitrogens with zero attached hydrogens (tertiary/aromatic N) is 15. The van der Waals surface area contributed by atoms with Crippen LogP contribution in [0.1, 0.15) is 90.1 Å². The van der Waals surface area contributed by atoms with E-state index in [9.17, 15) is 0 Å². The van der Waals surface area contributed by atoms with Gasteiger partial charge in [0.15, 0.2) is 0 Å². The van der Waals surface area contributed by atoms with E-state index in [1.54, 1.807) is 62.0 Å². The molecular formula is C107H93N15. The van der Waals surface area contributed by atoms with Crippen LogP contribution in [0.25, 0.3) is 158 Å². The highest BCUT2D eigenvalue weighted by atomic mass is 14.9. The standard InChI is InChI=1S/C36H24N6.C27H35N3.2C22H17N3/c1-5-17-37-29(9-1)33-21-27(22-34(41-33)30-10-2-6-18-38-30)25-13-15-26(16-14-25)28-23-35(31-11-3-7-19-39-31)42-36(24-28)32-12-4-8-20-40-32;1-25(2,3)18-10-12-28-21(14-18)23-16-20(27(7,8)9)17-24(30-23)22-15-19(11-13-29-22)26(4,5)6;1-16-2-4-17(5-3-16)20-14-21(18-6-10-23-11-7-18)25-22(15-20)19-8-12-24-13-9-19;1-16-8-10-17(11-9-16)18-14-21(19-6-2-4-12-23-19)25-22(15-18)20-7-3-5-13-24-20/h1-24H;10-17H,1-9H3;2*2-15H,1H3. The fraction of sp³-hybridized carbons (Fsp3) is 0.131. The number of pyridine rings is 15. The van der Waals surface area contributed by atoms with Crippen LogP contribution in [-0.4, -0.2) is 74.8 Å². The van der Waals surface area contributed by atoms with Crippen molar-refractivity contribution in [3.8, 4) is 158 Å². The lowest BCUT2D eigenvalue weighted by Gasteiger charge is -2.22. The Morgan fingerprint density at radius 2 is 0.369 bits per heavy atom. The summed E-state index contributed by atoms with van der Waals surface area (Å²) in [5.74, 6) is 0. The second kappa shape index (κ2) is 37.2. The van der Waals surface area contributed by atoms with Gasteiger partial charge in [0.05, 0.1) is 102 Å². The predicted octanol–water partition coefficient (Wildman–Crippen LogP) is 25.5. The molecule has 0 amide bonds. The first-order valence-electron chi connectivity index (χ1n) is 40.7. The first-order valence-corrected chi connectivity index (χ1v) is 40.7. The molecule has 15 aromatic heterocycles. The van der Waals surface area contributed by atoms with E-state index in [4.69, 9.17) is 24.9 Å². The minimum absolute atomic E-state index is 0.00425. The van der Waals surface area contributed by atoms with Gasteiger partial charge in [0.1, 0.15) is 0 Å². The van der Waals surface area contributed by atoms with E-state index in [-0.39, 0.29) is 16.2 Å². The molecule has 0 radical (unpaired) electrons. The van der Waals surface area contributed by atoms with E-state index in [1.807, 2.05) is 146 Å². The van der Waals surface area contributed by atoms with Gasteiger partial charge in [-0.2, -0.15) is 0 Å². The first-order chi connectivity index (χ1) is 59.1. The van der Waals surface area contributed by atoms with Gasteiger partial charge in [0.25, 0.3) is 0 Å². The molecule has 0 fully saturated rings. The number of rotatable bonds is 14. The van der Waals surface area contributed by atoms with Crippen molar-refractivity contribution >= 4 is 0 Å². The third-order valence-electron chi connectivity index (χ3n) is 20.6. The highest BCUT2D eigenvalue weighted by molar-refractivity contribution is 5.81. The van der Waals surface area contributed by atoms with Crippen LogP contribution in [0, 0.1) is 13.8 Å². The van der Waals surface area contributed by atoms with Crippen molar-refractivity contribution in [1.82, 2.24) is 74.8 Å². The molecule has 0 spiro atoms. The third-order valence-corrected chi connectivity index (χ3v) is 20.6. The summed E-state index contributed by atoms with van der Waals surface area (Å²) in [6.07, 6.45) is 21.7. The number of benzene rings is 3. The lowest BCUT2D eigenvalue weighted by atomic mass is 9.84. The van der Waals surface area contributed by atoms with Gasteiger partial charge < -0.3 is 0 Å². The Balaban J connectivity index is 0.000000130. The molecule has 3 aromatic carbocycles. The van der Waals surface area contributed by atoms with Gasteiger partial charge in [-0.05, 0) is 273 Å². The van der Waals surface area contributed by atoms with Gasteiger partial charge in [-0.1, -0.05) is 183 Å². The summed E-state index contributed by atoms with van der Waals surface area (Å²) in [5.41, 5.74) is 32.6. The summed E-state index contributed by atoms with van der Waals surface area (Å²) in [6, 6.07) is 98.3. The summed E-state index contributed by atoms with van der Waals surface area (Å²) >= 11 is 0. The summed E-state index contributed by atoms with van der Waals surface area (Å²) in [7, 11) is 0. The summed E-state index contributed by atoms with van der Waals surface area (Å²) < 4.78 is 0. The van der Waals surface area contributed by atoms with Crippen molar-refractivity contribution in [3.63, 3.8) is 0 Å². The fourth-order valence-corrected chi connectivity index (χ4v) is 13.7. The molecule has 15 heterocycles. The molecule has 0 aliphatic heterocycles. The molecule has 18 rings (SSSR count). The largest absolute Gasteiger partial charge is 0.265 e. The monoisotopic (exact) mass is 1590 g/mol. The van der Waals surface area contributed by atoms with Crippen LogP contribution in [0.3, 0.4) is 0 Å². The molecule has 0 aliphatic carbocycles. The third kappa shape index (κ3) is 20.9. The Labute approximate surface area is 714 Å². The molecule has 0 N–H and O–H groups in total. The maximum absolute atomic E-state index is 5.01. The minimum Gasteiger partial charge on any atom is -0.265 e. The number of aromatic nitrogens is 15. The van der Waals surface area contributed by atoms with Crippen LogP contribution < -0.4 is 0 Å². The van der Waals surface area contributed by atoms with Gasteiger partial charge in [-0.25, -0.2) is 24.9 Å². The number of aryl methyl sites for hydroxylation is 2. The van der Waals surface area contributed by atoms with Crippen molar-refractivity contribution in [2.24, 2.45) is 0 Å². The molecule has 0 aliphatic rings. The molecule has 122 heavy (non-hydrogen) atoms. The lowest BCUT2D eigenvalue weighted by Crippen LogP contribution is -2.14. The van der Waals surface area contributed by atoms with Gasteiger partial charge in [-0.15, -0.1) is 0 Å². The van der Waals surface area contributed by atoms with Crippen LogP contribution in [0.15, 0.2) is 366 Å². The highest BCUT2D eigenvalue weighted by Gasteiger charge is 2.23. The molecule has 15 heteroatoms. The van der Waals surface area contributed by atoms with E-state index in [0.717, 1.165) is 153 Å². The van der Waals surface area contributed by atoms with Crippen LogP contribution in [0.4, 0.5) is 0 Å².